The lowest BCUT2D eigenvalue weighted by Crippen LogP contribution is -2.33. The van der Waals surface area contributed by atoms with Crippen molar-refractivity contribution in [3.8, 4) is 11.5 Å². The van der Waals surface area contributed by atoms with Gasteiger partial charge in [-0.3, -0.25) is 9.59 Å². The van der Waals surface area contributed by atoms with E-state index in [2.05, 4.69) is 59.2 Å². The molecule has 4 aromatic rings. The Bertz CT molecular complexity index is 2070. The Hall–Kier alpha value is -4.92. The summed E-state index contributed by atoms with van der Waals surface area (Å²) in [6.45, 7) is 16.2. The molecule has 0 unspecified atom stereocenters. The molecule has 2 saturated carbocycles. The van der Waals surface area contributed by atoms with Crippen LogP contribution in [0.25, 0.3) is 0 Å². The Labute approximate surface area is 362 Å². The van der Waals surface area contributed by atoms with Gasteiger partial charge in [0.05, 0.1) is 10.8 Å². The van der Waals surface area contributed by atoms with Crippen LogP contribution in [0.5, 0.6) is 11.5 Å². The van der Waals surface area contributed by atoms with Crippen molar-refractivity contribution in [2.75, 3.05) is 6.79 Å². The van der Waals surface area contributed by atoms with Gasteiger partial charge in [0, 0.05) is 34.0 Å². The molecule has 9 rings (SSSR count). The number of rotatable bonds is 10. The number of thioether (sulfide) groups is 2. The summed E-state index contributed by atoms with van der Waals surface area (Å²) in [6, 6.07) is 36.6. The predicted octanol–water partition coefficient (Wildman–Crippen LogP) is 13.4. The zero-order valence-electron chi connectivity index (χ0n) is 36.1. The van der Waals surface area contributed by atoms with Crippen molar-refractivity contribution in [3.05, 3.63) is 166 Å². The fraction of sp³-hybridized carbons (Fsp3) is 0.333. The van der Waals surface area contributed by atoms with E-state index in [0.717, 1.165) is 72.5 Å². The zero-order valence-corrected chi connectivity index (χ0v) is 37.7. The number of nitrogens with one attached hydrogen (secondary N) is 2. The van der Waals surface area contributed by atoms with Crippen molar-refractivity contribution in [1.82, 2.24) is 10.6 Å². The van der Waals surface area contributed by atoms with Crippen LogP contribution in [0.4, 0.5) is 0 Å². The third-order valence-electron chi connectivity index (χ3n) is 9.82. The monoisotopic (exact) mass is 830 g/mol. The highest BCUT2D eigenvalue weighted by Crippen LogP contribution is 2.51. The number of carbonyl (C=O) groups excluding carboxylic acids is 2. The molecule has 4 aromatic carbocycles. The van der Waals surface area contributed by atoms with Gasteiger partial charge >= 0.3 is 0 Å². The van der Waals surface area contributed by atoms with Crippen LogP contribution in [-0.4, -0.2) is 18.6 Å². The molecule has 0 saturated heterocycles. The molecule has 312 valence electrons. The quantitative estimate of drug-likeness (QED) is 0.166. The molecule has 2 fully saturated rings. The standard InChI is InChI=1S/C22H19NO3S.C21H19NOS.4C2H6/c24-21(22(10-11-22)15-6-9-19-20(12-15)26-14-25-19)23-16-7-8-18(13-16)27-17-4-2-1-3-5-17;23-20(21(13-14-21)16-7-3-1-4-8-16)22-17-11-12-19(15-17)24-18-9-5-2-6-10-18;4*1-2/h1-9,12H,10-11,13-14H2,(H,23,24);1-12H,13-15H2,(H,22,23);4*1-2H3. The molecule has 1 heterocycles. The number of carbonyl (C=O) groups is 2. The molecule has 8 heteroatoms. The Kier molecular flexibility index (Phi) is 18.7. The van der Waals surface area contributed by atoms with Crippen LogP contribution in [-0.2, 0) is 20.4 Å². The topological polar surface area (TPSA) is 76.7 Å². The summed E-state index contributed by atoms with van der Waals surface area (Å²) < 4.78 is 10.8. The number of hydrogen-bond acceptors (Lipinski definition) is 6. The van der Waals surface area contributed by atoms with Gasteiger partial charge in [0.1, 0.15) is 0 Å². The van der Waals surface area contributed by atoms with Crippen LogP contribution in [0.2, 0.25) is 0 Å². The van der Waals surface area contributed by atoms with E-state index in [1.807, 2.05) is 140 Å². The number of hydrogen-bond donors (Lipinski definition) is 2. The van der Waals surface area contributed by atoms with Crippen LogP contribution in [0, 0.1) is 0 Å². The molecule has 0 atom stereocenters. The Balaban J connectivity index is 0.000000224. The average Bonchev–Trinajstić information content (AvgIpc) is 4.15. The Morgan fingerprint density at radius 2 is 0.898 bits per heavy atom. The van der Waals surface area contributed by atoms with Crippen LogP contribution in [0.1, 0.15) is 105 Å². The van der Waals surface area contributed by atoms with E-state index in [-0.39, 0.29) is 24.0 Å². The lowest BCUT2D eigenvalue weighted by Gasteiger charge is -2.17. The molecule has 4 aliphatic carbocycles. The highest BCUT2D eigenvalue weighted by Gasteiger charge is 2.52. The zero-order chi connectivity index (χ0) is 42.7. The summed E-state index contributed by atoms with van der Waals surface area (Å²) in [5.74, 6) is 1.70. The van der Waals surface area contributed by atoms with Gasteiger partial charge in [-0.1, -0.05) is 164 Å². The van der Waals surface area contributed by atoms with Gasteiger partial charge in [-0.05, 0) is 95.2 Å². The van der Waals surface area contributed by atoms with Crippen LogP contribution in [0.15, 0.2) is 164 Å². The summed E-state index contributed by atoms with van der Waals surface area (Å²) in [5, 5.41) is 6.30. The molecule has 0 spiro atoms. The van der Waals surface area contributed by atoms with Gasteiger partial charge in [0.15, 0.2) is 11.5 Å². The highest BCUT2D eigenvalue weighted by atomic mass is 32.2. The van der Waals surface area contributed by atoms with Crippen molar-refractivity contribution >= 4 is 35.3 Å². The van der Waals surface area contributed by atoms with Crippen LogP contribution >= 0.6 is 23.5 Å². The minimum absolute atomic E-state index is 0.0759. The lowest BCUT2D eigenvalue weighted by molar-refractivity contribution is -0.123. The smallest absolute Gasteiger partial charge is 0.234 e. The first-order chi connectivity index (χ1) is 29.0. The SMILES string of the molecule is CC.CC.CC.CC.O=C(NC1=CC=C(Sc2ccccc2)C1)C1(c2ccc3c(c2)OCO3)CC1.O=C(NC1=CC=C(Sc2ccccc2)C1)C1(c2ccccc2)CC1. The molecule has 1 aliphatic heterocycles. The average molecular weight is 831 g/mol. The van der Waals surface area contributed by atoms with Crippen molar-refractivity contribution in [3.63, 3.8) is 0 Å². The second kappa shape index (κ2) is 23.6. The first kappa shape index (κ1) is 46.8. The van der Waals surface area contributed by atoms with E-state index in [9.17, 15) is 9.59 Å². The minimum Gasteiger partial charge on any atom is -0.454 e. The summed E-state index contributed by atoms with van der Waals surface area (Å²) >= 11 is 3.50. The van der Waals surface area contributed by atoms with Crippen LogP contribution < -0.4 is 20.1 Å². The van der Waals surface area contributed by atoms with Gasteiger partial charge in [-0.25, -0.2) is 0 Å². The third-order valence-corrected chi connectivity index (χ3v) is 11.9. The molecule has 0 radical (unpaired) electrons. The molecule has 59 heavy (non-hydrogen) atoms. The van der Waals surface area contributed by atoms with E-state index in [1.54, 1.807) is 23.5 Å². The highest BCUT2D eigenvalue weighted by molar-refractivity contribution is 8.03. The summed E-state index contributed by atoms with van der Waals surface area (Å²) in [4.78, 5) is 30.7. The first-order valence-corrected chi connectivity index (χ1v) is 23.0. The van der Waals surface area contributed by atoms with Crippen LogP contribution in [0.3, 0.4) is 0 Å². The number of allylic oxidation sites excluding steroid dienone is 6. The molecule has 0 aromatic heterocycles. The fourth-order valence-corrected chi connectivity index (χ4v) is 8.54. The second-order valence-corrected chi connectivity index (χ2v) is 15.7. The van der Waals surface area contributed by atoms with E-state index < -0.39 is 5.41 Å². The molecular formula is C51H62N2O4S2. The summed E-state index contributed by atoms with van der Waals surface area (Å²) in [5.41, 5.74) is 3.36. The normalized spacial score (nSPS) is 16.2. The fourth-order valence-electron chi connectivity index (χ4n) is 6.62. The summed E-state index contributed by atoms with van der Waals surface area (Å²) in [6.07, 6.45) is 13.4. The predicted molar refractivity (Wildman–Crippen MR) is 249 cm³/mol. The maximum atomic E-state index is 13.0. The number of amides is 2. The van der Waals surface area contributed by atoms with Gasteiger partial charge in [-0.15, -0.1) is 0 Å². The van der Waals surface area contributed by atoms with Crippen molar-refractivity contribution in [2.24, 2.45) is 0 Å². The number of fused-ring (bicyclic) bond motifs is 1. The van der Waals surface area contributed by atoms with E-state index in [0.29, 0.717) is 0 Å². The van der Waals surface area contributed by atoms with Gasteiger partial charge in [0.2, 0.25) is 18.6 Å². The maximum absolute atomic E-state index is 13.0. The Morgan fingerprint density at radius 1 is 0.492 bits per heavy atom. The third kappa shape index (κ3) is 12.3. The first-order valence-electron chi connectivity index (χ1n) is 21.3. The lowest BCUT2D eigenvalue weighted by atomic mass is 9.94. The maximum Gasteiger partial charge on any atom is 0.234 e. The van der Waals surface area contributed by atoms with Crippen molar-refractivity contribution in [2.45, 2.75) is 115 Å². The molecule has 2 amide bonds. The van der Waals surface area contributed by atoms with Gasteiger partial charge in [0.25, 0.3) is 0 Å². The van der Waals surface area contributed by atoms with E-state index in [1.165, 1.54) is 19.6 Å². The number of benzene rings is 4. The Morgan fingerprint density at radius 3 is 1.34 bits per heavy atom. The second-order valence-electron chi connectivity index (χ2n) is 13.3. The van der Waals surface area contributed by atoms with Gasteiger partial charge < -0.3 is 20.1 Å². The minimum atomic E-state index is -0.433. The number of ether oxygens (including phenoxy) is 2. The molecule has 0 bridgehead atoms. The largest absolute Gasteiger partial charge is 0.454 e. The molecule has 6 nitrogen and oxygen atoms in total. The van der Waals surface area contributed by atoms with E-state index in [4.69, 9.17) is 9.47 Å². The van der Waals surface area contributed by atoms with E-state index >= 15 is 0 Å². The molecular weight excluding hydrogens is 769 g/mol. The molecule has 5 aliphatic rings. The van der Waals surface area contributed by atoms with Crippen molar-refractivity contribution in [1.29, 1.82) is 0 Å². The van der Waals surface area contributed by atoms with Crippen molar-refractivity contribution < 1.29 is 19.1 Å². The molecule has 2 N–H and O–H groups in total. The van der Waals surface area contributed by atoms with Gasteiger partial charge in [-0.2, -0.15) is 0 Å². The summed E-state index contributed by atoms with van der Waals surface area (Å²) in [7, 11) is 0.